The zero-order valence-corrected chi connectivity index (χ0v) is 8.84. The first-order valence-electron chi connectivity index (χ1n) is 5.39. The highest BCUT2D eigenvalue weighted by Gasteiger charge is 2.46. The van der Waals surface area contributed by atoms with Crippen molar-refractivity contribution in [2.45, 2.75) is 33.1 Å². The van der Waals surface area contributed by atoms with Gasteiger partial charge in [0.15, 0.2) is 0 Å². The fourth-order valence-electron chi connectivity index (χ4n) is 2.65. The van der Waals surface area contributed by atoms with Crippen LogP contribution in [0.4, 0.5) is 0 Å². The van der Waals surface area contributed by atoms with E-state index < -0.39 is 0 Å². The molecule has 0 aromatic heterocycles. The molecule has 1 N–H and O–H groups in total. The third-order valence-corrected chi connectivity index (χ3v) is 3.46. The van der Waals surface area contributed by atoms with Crippen molar-refractivity contribution >= 4 is 0 Å². The van der Waals surface area contributed by atoms with E-state index in [9.17, 15) is 0 Å². The first-order valence-corrected chi connectivity index (χ1v) is 5.39. The second-order valence-electron chi connectivity index (χ2n) is 5.78. The monoisotopic (exact) mass is 183 g/mol. The molecule has 0 amide bonds. The predicted molar refractivity (Wildman–Crippen MR) is 53.6 cm³/mol. The van der Waals surface area contributed by atoms with Gasteiger partial charge in [-0.1, -0.05) is 13.8 Å². The second kappa shape index (κ2) is 2.96. The number of aliphatic hydroxyl groups excluding tert-OH is 1. The smallest absolute Gasteiger partial charge is 0.0436 e. The van der Waals surface area contributed by atoms with Gasteiger partial charge in [0.25, 0.3) is 0 Å². The molecule has 1 aliphatic heterocycles. The van der Waals surface area contributed by atoms with Crippen molar-refractivity contribution in [1.29, 1.82) is 0 Å². The Kier molecular flexibility index (Phi) is 2.16. The SMILES string of the molecule is CC1(C)CN(CC2(CCO)CC2)C1. The van der Waals surface area contributed by atoms with E-state index in [0.29, 0.717) is 17.4 Å². The Morgan fingerprint density at radius 1 is 1.23 bits per heavy atom. The zero-order valence-electron chi connectivity index (χ0n) is 8.84. The summed E-state index contributed by atoms with van der Waals surface area (Å²) in [6, 6.07) is 0. The summed E-state index contributed by atoms with van der Waals surface area (Å²) in [5, 5.41) is 8.93. The minimum Gasteiger partial charge on any atom is -0.396 e. The second-order valence-corrected chi connectivity index (χ2v) is 5.78. The Balaban J connectivity index is 1.74. The van der Waals surface area contributed by atoms with E-state index in [4.69, 9.17) is 5.11 Å². The lowest BCUT2D eigenvalue weighted by Crippen LogP contribution is -2.54. The Morgan fingerprint density at radius 3 is 2.23 bits per heavy atom. The van der Waals surface area contributed by atoms with E-state index in [1.807, 2.05) is 0 Å². The van der Waals surface area contributed by atoms with Crippen molar-refractivity contribution in [1.82, 2.24) is 4.90 Å². The molecule has 2 nitrogen and oxygen atoms in total. The number of aliphatic hydroxyl groups is 1. The van der Waals surface area contributed by atoms with E-state index in [1.54, 1.807) is 0 Å². The van der Waals surface area contributed by atoms with Crippen molar-refractivity contribution in [3.05, 3.63) is 0 Å². The Hall–Kier alpha value is -0.0800. The molecule has 2 heteroatoms. The van der Waals surface area contributed by atoms with E-state index in [-0.39, 0.29) is 0 Å². The Morgan fingerprint density at radius 2 is 1.85 bits per heavy atom. The molecule has 2 aliphatic rings. The third-order valence-electron chi connectivity index (χ3n) is 3.46. The van der Waals surface area contributed by atoms with Gasteiger partial charge in [-0.2, -0.15) is 0 Å². The average Bonchev–Trinajstić information content (AvgIpc) is 2.66. The molecule has 0 bridgehead atoms. The van der Waals surface area contributed by atoms with E-state index >= 15 is 0 Å². The lowest BCUT2D eigenvalue weighted by molar-refractivity contribution is 0.0108. The van der Waals surface area contributed by atoms with Crippen molar-refractivity contribution < 1.29 is 5.11 Å². The average molecular weight is 183 g/mol. The van der Waals surface area contributed by atoms with Crippen LogP contribution in [-0.4, -0.2) is 36.2 Å². The molecule has 0 unspecified atom stereocenters. The third kappa shape index (κ3) is 2.05. The van der Waals surface area contributed by atoms with Crippen LogP contribution in [0.15, 0.2) is 0 Å². The number of rotatable bonds is 4. The summed E-state index contributed by atoms with van der Waals surface area (Å²) in [6.07, 6.45) is 3.69. The molecule has 0 aromatic carbocycles. The normalized spacial score (nSPS) is 29.8. The van der Waals surface area contributed by atoms with Crippen molar-refractivity contribution in [2.24, 2.45) is 10.8 Å². The standard InChI is InChI=1S/C11H21NO/c1-10(2)7-12(8-10)9-11(3-4-11)5-6-13/h13H,3-9H2,1-2H3. The highest BCUT2D eigenvalue weighted by Crippen LogP contribution is 2.50. The Labute approximate surface area is 80.9 Å². The summed E-state index contributed by atoms with van der Waals surface area (Å²) < 4.78 is 0. The zero-order chi connectivity index (χ0) is 9.53. The van der Waals surface area contributed by atoms with Crippen LogP contribution in [0.5, 0.6) is 0 Å². The molecular weight excluding hydrogens is 162 g/mol. The lowest BCUT2D eigenvalue weighted by Gasteiger charge is -2.47. The molecule has 1 heterocycles. The van der Waals surface area contributed by atoms with Crippen LogP contribution in [-0.2, 0) is 0 Å². The van der Waals surface area contributed by atoms with Gasteiger partial charge in [0, 0.05) is 26.2 Å². The summed E-state index contributed by atoms with van der Waals surface area (Å²) in [6.45, 7) is 8.76. The van der Waals surface area contributed by atoms with Gasteiger partial charge in [0.2, 0.25) is 0 Å². The first kappa shape index (κ1) is 9.47. The summed E-state index contributed by atoms with van der Waals surface area (Å²) in [7, 11) is 0. The molecule has 0 spiro atoms. The minimum atomic E-state index is 0.372. The van der Waals surface area contributed by atoms with Crippen LogP contribution >= 0.6 is 0 Å². The highest BCUT2D eigenvalue weighted by atomic mass is 16.3. The van der Waals surface area contributed by atoms with E-state index in [1.165, 1.54) is 32.5 Å². The van der Waals surface area contributed by atoms with Gasteiger partial charge >= 0.3 is 0 Å². The number of hydrogen-bond acceptors (Lipinski definition) is 2. The molecule has 1 saturated heterocycles. The van der Waals surface area contributed by atoms with Gasteiger partial charge in [-0.25, -0.2) is 0 Å². The molecule has 0 atom stereocenters. The van der Waals surface area contributed by atoms with E-state index in [0.717, 1.165) is 6.42 Å². The van der Waals surface area contributed by atoms with Crippen LogP contribution in [0.3, 0.4) is 0 Å². The largest absolute Gasteiger partial charge is 0.396 e. The van der Waals surface area contributed by atoms with Gasteiger partial charge in [-0.05, 0) is 30.1 Å². The highest BCUT2D eigenvalue weighted by molar-refractivity contribution is 4.99. The maximum Gasteiger partial charge on any atom is 0.0436 e. The summed E-state index contributed by atoms with van der Waals surface area (Å²) >= 11 is 0. The van der Waals surface area contributed by atoms with Crippen LogP contribution in [0.2, 0.25) is 0 Å². The molecule has 1 aliphatic carbocycles. The molecular formula is C11H21NO. The molecule has 76 valence electrons. The van der Waals surface area contributed by atoms with Crippen LogP contribution in [0, 0.1) is 10.8 Å². The van der Waals surface area contributed by atoms with Crippen molar-refractivity contribution in [3.8, 4) is 0 Å². The molecule has 13 heavy (non-hydrogen) atoms. The number of nitrogens with zero attached hydrogens (tertiary/aromatic N) is 1. The fraction of sp³-hybridized carbons (Fsp3) is 1.00. The minimum absolute atomic E-state index is 0.372. The number of likely N-dealkylation sites (tertiary alicyclic amines) is 1. The summed E-state index contributed by atoms with van der Waals surface area (Å²) in [4.78, 5) is 2.54. The molecule has 0 aromatic rings. The summed E-state index contributed by atoms with van der Waals surface area (Å²) in [5.41, 5.74) is 1.07. The van der Waals surface area contributed by atoms with Crippen LogP contribution in [0.1, 0.15) is 33.1 Å². The van der Waals surface area contributed by atoms with Gasteiger partial charge in [-0.3, -0.25) is 0 Å². The van der Waals surface area contributed by atoms with Crippen LogP contribution in [0.25, 0.3) is 0 Å². The first-order chi connectivity index (χ1) is 6.05. The molecule has 2 fully saturated rings. The van der Waals surface area contributed by atoms with Gasteiger partial charge in [-0.15, -0.1) is 0 Å². The van der Waals surface area contributed by atoms with Gasteiger partial charge in [0.05, 0.1) is 0 Å². The van der Waals surface area contributed by atoms with Crippen molar-refractivity contribution in [2.75, 3.05) is 26.2 Å². The van der Waals surface area contributed by atoms with Gasteiger partial charge in [0.1, 0.15) is 0 Å². The quantitative estimate of drug-likeness (QED) is 0.714. The van der Waals surface area contributed by atoms with Crippen molar-refractivity contribution in [3.63, 3.8) is 0 Å². The van der Waals surface area contributed by atoms with Crippen LogP contribution < -0.4 is 0 Å². The lowest BCUT2D eigenvalue weighted by atomic mass is 9.83. The topological polar surface area (TPSA) is 23.5 Å². The van der Waals surface area contributed by atoms with Gasteiger partial charge < -0.3 is 10.0 Å². The Bertz CT molecular complexity index is 188. The summed E-state index contributed by atoms with van der Waals surface area (Å²) in [5.74, 6) is 0. The molecule has 0 radical (unpaired) electrons. The fourth-order valence-corrected chi connectivity index (χ4v) is 2.65. The molecule has 2 rings (SSSR count). The molecule has 1 saturated carbocycles. The predicted octanol–water partition coefficient (Wildman–Crippen LogP) is 1.49. The maximum absolute atomic E-state index is 8.93. The van der Waals surface area contributed by atoms with E-state index in [2.05, 4.69) is 18.7 Å². The number of hydrogen-bond donors (Lipinski definition) is 1. The maximum atomic E-state index is 8.93.